The zero-order valence-corrected chi connectivity index (χ0v) is 60.8. The van der Waals surface area contributed by atoms with Crippen molar-refractivity contribution >= 4 is 77.0 Å². The van der Waals surface area contributed by atoms with Gasteiger partial charge >= 0.3 is 12.1 Å². The number of hydrogen-bond acceptors (Lipinski definition) is 16. The van der Waals surface area contributed by atoms with E-state index in [0.717, 1.165) is 5.56 Å². The van der Waals surface area contributed by atoms with Crippen LogP contribution in [0.5, 0.6) is 0 Å². The largest absolute Gasteiger partial charge is 0.467 e. The summed E-state index contributed by atoms with van der Waals surface area (Å²) in [6, 6.07) is -0.0349. The highest BCUT2D eigenvalue weighted by Gasteiger charge is 2.44. The predicted octanol–water partition coefficient (Wildman–Crippen LogP) is 2.98. The van der Waals surface area contributed by atoms with Gasteiger partial charge in [0.2, 0.25) is 65.0 Å². The number of carbonyl (C=O) groups is 13. The molecule has 95 heavy (non-hydrogen) atoms. The van der Waals surface area contributed by atoms with Crippen LogP contribution >= 0.6 is 0 Å². The highest BCUT2D eigenvalue weighted by Crippen LogP contribution is 2.19. The highest BCUT2D eigenvalue weighted by molar-refractivity contribution is 6.01. The summed E-state index contributed by atoms with van der Waals surface area (Å²) in [5.74, 6) is -12.4. The van der Waals surface area contributed by atoms with Crippen molar-refractivity contribution in [3.63, 3.8) is 0 Å². The fourth-order valence-corrected chi connectivity index (χ4v) is 9.27. The molecule has 10 atom stereocenters. The molecule has 0 heterocycles. The number of esters is 1. The maximum Gasteiger partial charge on any atom is 0.408 e. The molecule has 0 aliphatic heterocycles. The summed E-state index contributed by atoms with van der Waals surface area (Å²) in [4.78, 5) is 179. The van der Waals surface area contributed by atoms with E-state index >= 15 is 0 Å². The first kappa shape index (κ1) is 85.1. The summed E-state index contributed by atoms with van der Waals surface area (Å²) in [6.45, 7) is 37.6. The van der Waals surface area contributed by atoms with E-state index in [2.05, 4.69) is 63.8 Å². The Bertz CT molecular complexity index is 2830. The van der Waals surface area contributed by atoms with Gasteiger partial charge in [-0.15, -0.1) is 0 Å². The van der Waals surface area contributed by atoms with Crippen molar-refractivity contribution in [2.75, 3.05) is 13.7 Å². The molecule has 0 aliphatic rings. The number of rotatable bonds is 36. The van der Waals surface area contributed by atoms with Crippen LogP contribution in [0.2, 0.25) is 0 Å². The van der Waals surface area contributed by atoms with Gasteiger partial charge in [0, 0.05) is 0 Å². The van der Waals surface area contributed by atoms with E-state index in [1.54, 1.807) is 121 Å². The standard InChI is InChI=1S/C67H114N12O16/c1-26-39(11)48(71-51(81)44(35(3)4)69-52(82)45(36(5)6)73-58(88)64(17,18)76-43(80)33-68-62(92)95-63(14,15)16)56(86)78-66(21,22)60(90)75-50(41(13)94-34-42-31-29-28-30-32-42)54(84)70-47(38(9)10)55(85)77-65(19,20)59(89)74-46(37(7)8)53(83)72-49(40(12)27-2)57(87)79-67(23,24)61(91)93-25/h28-32,35-41,44-50H,26-27,33-34H2,1-25H3,(H,68,92)(H,69,82)(H,70,84)(H,71,81)(H,72,83)(H,73,88)(H,74,89)(H,75,90)(H,76,80)(H,77,85)(H,78,86)(H,79,87)/t39-,40-,41+,44+,45-,46-,47-,48-,49-,50-/m1/s1. The second-order valence-corrected chi connectivity index (χ2v) is 28.9. The fourth-order valence-electron chi connectivity index (χ4n) is 9.27. The molecule has 1 aromatic rings. The van der Waals surface area contributed by atoms with Crippen molar-refractivity contribution in [1.82, 2.24) is 63.8 Å². The zero-order chi connectivity index (χ0) is 73.6. The molecular weight excluding hydrogens is 1230 g/mol. The van der Waals surface area contributed by atoms with E-state index in [1.807, 2.05) is 13.0 Å². The normalized spacial score (nSPS) is 15.3. The molecule has 0 saturated carbocycles. The van der Waals surface area contributed by atoms with Gasteiger partial charge in [0.1, 0.15) is 76.6 Å². The Morgan fingerprint density at radius 1 is 0.400 bits per heavy atom. The number of hydrogen-bond donors (Lipinski definition) is 12. The molecular formula is C67H114N12O16. The third kappa shape index (κ3) is 27.4. The molecule has 538 valence electrons. The monoisotopic (exact) mass is 1340 g/mol. The van der Waals surface area contributed by atoms with Crippen LogP contribution in [0.4, 0.5) is 4.79 Å². The summed E-state index contributed by atoms with van der Waals surface area (Å²) >= 11 is 0. The minimum absolute atomic E-state index is 0.00959. The number of nitrogens with one attached hydrogen (secondary N) is 12. The molecule has 0 aromatic heterocycles. The number of ether oxygens (including phenoxy) is 3. The Kier molecular flexibility index (Phi) is 33.0. The third-order valence-electron chi connectivity index (χ3n) is 15.9. The summed E-state index contributed by atoms with van der Waals surface area (Å²) in [7, 11) is 1.18. The average Bonchev–Trinajstić information content (AvgIpc) is 0.897. The first-order valence-electron chi connectivity index (χ1n) is 32.6. The zero-order valence-electron chi connectivity index (χ0n) is 60.8. The molecule has 28 heteroatoms. The minimum atomic E-state index is -1.82. The Hall–Kier alpha value is -7.91. The van der Waals surface area contributed by atoms with E-state index in [1.165, 1.54) is 69.4 Å². The van der Waals surface area contributed by atoms with Crippen molar-refractivity contribution in [3.05, 3.63) is 35.9 Å². The summed E-state index contributed by atoms with van der Waals surface area (Å²) in [5, 5.41) is 31.9. The van der Waals surface area contributed by atoms with Gasteiger partial charge in [0.25, 0.3) is 0 Å². The first-order valence-corrected chi connectivity index (χ1v) is 32.6. The fraction of sp³-hybridized carbons (Fsp3) is 0.716. The van der Waals surface area contributed by atoms with E-state index in [9.17, 15) is 62.3 Å². The van der Waals surface area contributed by atoms with Crippen molar-refractivity contribution in [2.45, 2.75) is 262 Å². The first-order chi connectivity index (χ1) is 43.5. The summed E-state index contributed by atoms with van der Waals surface area (Å²) in [5.41, 5.74) is -6.66. The minimum Gasteiger partial charge on any atom is -0.467 e. The number of alkyl carbamates (subject to hydrolysis) is 1. The lowest BCUT2D eigenvalue weighted by Gasteiger charge is -2.35. The molecule has 0 aliphatic carbocycles. The van der Waals surface area contributed by atoms with Gasteiger partial charge in [0.15, 0.2) is 0 Å². The lowest BCUT2D eigenvalue weighted by Crippen LogP contribution is -2.66. The molecule has 0 unspecified atom stereocenters. The van der Waals surface area contributed by atoms with E-state index in [4.69, 9.17) is 14.2 Å². The Morgan fingerprint density at radius 2 is 0.716 bits per heavy atom. The SMILES string of the molecule is CC[C@@H](C)[C@@H](NC(=O)[C@@H](NC(=O)[C@H](NC(=O)C(C)(C)NC(=O)CNC(=O)OC(C)(C)C)C(C)C)C(C)C)C(=O)NC(C)(C)C(=O)N[C@@H](C(=O)N[C@@H](C(=O)NC(C)(C)C(=O)N[C@@H](C(=O)N[C@@H](C(=O)NC(C)(C)C(=O)OC)[C@H](C)CC)C(C)C)C(C)C)[C@H](C)OCc1ccccc1. The lowest BCUT2D eigenvalue weighted by molar-refractivity contribution is -0.150. The molecule has 0 bridgehead atoms. The molecule has 1 aromatic carbocycles. The molecule has 12 amide bonds. The van der Waals surface area contributed by atoms with Crippen LogP contribution in [0.25, 0.3) is 0 Å². The third-order valence-corrected chi connectivity index (χ3v) is 15.9. The molecule has 0 saturated heterocycles. The molecule has 28 nitrogen and oxygen atoms in total. The van der Waals surface area contributed by atoms with Crippen molar-refractivity contribution < 1.29 is 76.5 Å². The number of carbonyl (C=O) groups excluding carboxylic acids is 13. The van der Waals surface area contributed by atoms with Gasteiger partial charge in [-0.05, 0) is 124 Å². The van der Waals surface area contributed by atoms with Crippen LogP contribution in [0.1, 0.15) is 185 Å². The second kappa shape index (κ2) is 36.8. The summed E-state index contributed by atoms with van der Waals surface area (Å²) in [6.07, 6.45) is -1.12. The maximum absolute atomic E-state index is 14.7. The smallest absolute Gasteiger partial charge is 0.408 e. The van der Waals surface area contributed by atoms with Crippen molar-refractivity contribution in [1.29, 1.82) is 0 Å². The summed E-state index contributed by atoms with van der Waals surface area (Å²) < 4.78 is 16.2. The number of amides is 12. The van der Waals surface area contributed by atoms with Crippen LogP contribution in [-0.4, -0.2) is 167 Å². The van der Waals surface area contributed by atoms with Crippen molar-refractivity contribution in [2.24, 2.45) is 35.5 Å². The Balaban J connectivity index is 3.51. The van der Waals surface area contributed by atoms with Crippen LogP contribution in [0.15, 0.2) is 30.3 Å². The number of methoxy groups -OCH3 is 1. The van der Waals surface area contributed by atoms with Gasteiger partial charge in [-0.1, -0.05) is 126 Å². The van der Waals surface area contributed by atoms with Crippen LogP contribution in [0.3, 0.4) is 0 Å². The number of benzene rings is 1. The van der Waals surface area contributed by atoms with Crippen molar-refractivity contribution in [3.8, 4) is 0 Å². The molecule has 12 N–H and O–H groups in total. The van der Waals surface area contributed by atoms with Gasteiger partial charge in [-0.2, -0.15) is 0 Å². The maximum atomic E-state index is 14.7. The van der Waals surface area contributed by atoms with Crippen LogP contribution < -0.4 is 63.8 Å². The van der Waals surface area contributed by atoms with Gasteiger partial charge < -0.3 is 78.0 Å². The highest BCUT2D eigenvalue weighted by atomic mass is 16.6. The topological polar surface area (TPSA) is 394 Å². The van der Waals surface area contributed by atoms with E-state index in [-0.39, 0.29) is 6.61 Å². The predicted molar refractivity (Wildman–Crippen MR) is 358 cm³/mol. The van der Waals surface area contributed by atoms with Gasteiger partial charge in [0.05, 0.1) is 19.8 Å². The average molecular weight is 1340 g/mol. The molecule has 1 rings (SSSR count). The molecule has 0 radical (unpaired) electrons. The van der Waals surface area contributed by atoms with E-state index in [0.29, 0.717) is 12.8 Å². The van der Waals surface area contributed by atoms with Gasteiger partial charge in [-0.3, -0.25) is 52.7 Å². The van der Waals surface area contributed by atoms with Gasteiger partial charge in [-0.25, -0.2) is 9.59 Å². The lowest BCUT2D eigenvalue weighted by atomic mass is 9.94. The molecule has 0 fully saturated rings. The van der Waals surface area contributed by atoms with E-state index < -0.39 is 195 Å². The second-order valence-electron chi connectivity index (χ2n) is 28.9. The van der Waals surface area contributed by atoms with Crippen LogP contribution in [-0.2, 0) is 78.4 Å². The molecule has 0 spiro atoms. The Labute approximate surface area is 562 Å². The quantitative estimate of drug-likeness (QED) is 0.0430. The van der Waals surface area contributed by atoms with Crippen LogP contribution in [0, 0.1) is 35.5 Å². The Morgan fingerprint density at radius 3 is 1.07 bits per heavy atom.